The van der Waals surface area contributed by atoms with Crippen molar-refractivity contribution in [1.82, 2.24) is 5.32 Å². The predicted octanol–water partition coefficient (Wildman–Crippen LogP) is 2.37. The van der Waals surface area contributed by atoms with E-state index in [9.17, 15) is 14.9 Å². The fourth-order valence-corrected chi connectivity index (χ4v) is 2.82. The van der Waals surface area contributed by atoms with Gasteiger partial charge in [0.05, 0.1) is 11.6 Å². The van der Waals surface area contributed by atoms with Crippen molar-refractivity contribution in [3.05, 3.63) is 29.8 Å². The van der Waals surface area contributed by atoms with Gasteiger partial charge < -0.3 is 10.1 Å². The molecule has 1 saturated carbocycles. The first-order chi connectivity index (χ1) is 10.5. The number of hydrogen-bond acceptors (Lipinski definition) is 5. The molecular weight excluding hydrogens is 300 g/mol. The molecule has 0 unspecified atom stereocenters. The van der Waals surface area contributed by atoms with Crippen LogP contribution in [0.2, 0.25) is 0 Å². The summed E-state index contributed by atoms with van der Waals surface area (Å²) in [5, 5.41) is 11.9. The Kier molecular flexibility index (Phi) is 5.09. The van der Waals surface area contributed by atoms with Crippen LogP contribution in [0.1, 0.15) is 30.1 Å². The molecule has 0 aromatic heterocycles. The van der Waals surface area contributed by atoms with Gasteiger partial charge in [-0.25, -0.2) is 4.79 Å². The zero-order valence-electron chi connectivity index (χ0n) is 12.6. The maximum atomic E-state index is 12.0. The van der Waals surface area contributed by atoms with Crippen LogP contribution in [0.25, 0.3) is 0 Å². The topological polar surface area (TPSA) is 79.2 Å². The molecule has 0 aliphatic heterocycles. The standard InChI is InChI=1S/C16H18N2O3S/c1-16(10-17,11-7-8-11)18-14(19)9-21-15(20)12-5-3-4-6-13(12)22-2/h3-6,11H,7-9H2,1-2H3,(H,18,19)/t16-/m0/s1. The summed E-state index contributed by atoms with van der Waals surface area (Å²) in [6.07, 6.45) is 3.74. The van der Waals surface area contributed by atoms with Crippen LogP contribution in [0.5, 0.6) is 0 Å². The Hall–Kier alpha value is -2.00. The minimum Gasteiger partial charge on any atom is -0.452 e. The quantitative estimate of drug-likeness (QED) is 0.643. The van der Waals surface area contributed by atoms with Crippen LogP contribution in [-0.4, -0.2) is 30.3 Å². The van der Waals surface area contributed by atoms with Crippen molar-refractivity contribution in [1.29, 1.82) is 5.26 Å². The molecule has 1 fully saturated rings. The average molecular weight is 318 g/mol. The summed E-state index contributed by atoms with van der Waals surface area (Å²) in [5.74, 6) is -0.800. The van der Waals surface area contributed by atoms with Gasteiger partial charge in [0.15, 0.2) is 6.61 Å². The number of carbonyl (C=O) groups excluding carboxylic acids is 2. The van der Waals surface area contributed by atoms with Crippen LogP contribution in [-0.2, 0) is 9.53 Å². The first-order valence-corrected chi connectivity index (χ1v) is 8.25. The van der Waals surface area contributed by atoms with Crippen LogP contribution in [0.4, 0.5) is 0 Å². The number of esters is 1. The Morgan fingerprint density at radius 1 is 1.45 bits per heavy atom. The predicted molar refractivity (Wildman–Crippen MR) is 83.4 cm³/mol. The smallest absolute Gasteiger partial charge is 0.339 e. The molecule has 0 saturated heterocycles. The van der Waals surface area contributed by atoms with E-state index in [4.69, 9.17) is 4.74 Å². The van der Waals surface area contributed by atoms with E-state index in [1.807, 2.05) is 18.4 Å². The lowest BCUT2D eigenvalue weighted by Crippen LogP contribution is -2.48. The summed E-state index contributed by atoms with van der Waals surface area (Å²) in [6, 6.07) is 9.20. The molecule has 2 rings (SSSR count). The van der Waals surface area contributed by atoms with E-state index in [0.29, 0.717) is 5.56 Å². The first-order valence-electron chi connectivity index (χ1n) is 7.02. The number of hydrogen-bond donors (Lipinski definition) is 1. The fraction of sp³-hybridized carbons (Fsp3) is 0.438. The molecule has 1 aromatic rings. The van der Waals surface area contributed by atoms with E-state index in [2.05, 4.69) is 11.4 Å². The van der Waals surface area contributed by atoms with Gasteiger partial charge in [0.1, 0.15) is 5.54 Å². The molecule has 1 N–H and O–H groups in total. The highest BCUT2D eigenvalue weighted by molar-refractivity contribution is 7.98. The summed E-state index contributed by atoms with van der Waals surface area (Å²) < 4.78 is 5.05. The zero-order chi connectivity index (χ0) is 16.2. The number of carbonyl (C=O) groups is 2. The molecule has 22 heavy (non-hydrogen) atoms. The van der Waals surface area contributed by atoms with Gasteiger partial charge in [0, 0.05) is 4.90 Å². The Morgan fingerprint density at radius 2 is 2.14 bits per heavy atom. The molecule has 1 aliphatic rings. The van der Waals surface area contributed by atoms with Gasteiger partial charge >= 0.3 is 5.97 Å². The van der Waals surface area contributed by atoms with Crippen LogP contribution in [0.3, 0.4) is 0 Å². The lowest BCUT2D eigenvalue weighted by Gasteiger charge is -2.22. The Morgan fingerprint density at radius 3 is 2.73 bits per heavy atom. The van der Waals surface area contributed by atoms with E-state index in [1.165, 1.54) is 11.8 Å². The van der Waals surface area contributed by atoms with Gasteiger partial charge in [-0.2, -0.15) is 5.26 Å². The van der Waals surface area contributed by atoms with Gasteiger partial charge in [0.2, 0.25) is 0 Å². The highest BCUT2D eigenvalue weighted by Gasteiger charge is 2.43. The number of rotatable bonds is 6. The molecule has 0 spiro atoms. The van der Waals surface area contributed by atoms with Gasteiger partial charge in [-0.15, -0.1) is 11.8 Å². The number of ether oxygens (including phenoxy) is 1. The normalized spacial score (nSPS) is 16.2. The molecule has 1 aromatic carbocycles. The second-order valence-corrected chi connectivity index (χ2v) is 6.26. The number of benzene rings is 1. The number of nitriles is 1. The monoisotopic (exact) mass is 318 g/mol. The largest absolute Gasteiger partial charge is 0.452 e. The number of nitrogens with zero attached hydrogens (tertiary/aromatic N) is 1. The number of thioether (sulfide) groups is 1. The van der Waals surface area contributed by atoms with E-state index in [-0.39, 0.29) is 12.5 Å². The SMILES string of the molecule is CSc1ccccc1C(=O)OCC(=O)N[C@@](C)(C#N)C1CC1. The van der Waals surface area contributed by atoms with E-state index < -0.39 is 17.4 Å². The first kappa shape index (κ1) is 16.4. The minimum atomic E-state index is -0.874. The van der Waals surface area contributed by atoms with E-state index >= 15 is 0 Å². The lowest BCUT2D eigenvalue weighted by atomic mass is 9.98. The molecular formula is C16H18N2O3S. The van der Waals surface area contributed by atoms with E-state index in [1.54, 1.807) is 19.1 Å². The molecule has 5 nitrogen and oxygen atoms in total. The zero-order valence-corrected chi connectivity index (χ0v) is 13.4. The molecule has 6 heteroatoms. The number of amides is 1. The molecule has 1 aliphatic carbocycles. The molecule has 1 amide bonds. The van der Waals surface area contributed by atoms with Gasteiger partial charge in [-0.1, -0.05) is 12.1 Å². The molecule has 0 heterocycles. The second-order valence-electron chi connectivity index (χ2n) is 5.41. The lowest BCUT2D eigenvalue weighted by molar-refractivity contribution is -0.125. The number of nitrogens with one attached hydrogen (secondary N) is 1. The summed E-state index contributed by atoms with van der Waals surface area (Å²) in [6.45, 7) is 1.32. The minimum absolute atomic E-state index is 0.189. The highest BCUT2D eigenvalue weighted by Crippen LogP contribution is 2.39. The summed E-state index contributed by atoms with van der Waals surface area (Å²) in [7, 11) is 0. The van der Waals surface area contributed by atoms with Crippen LogP contribution >= 0.6 is 11.8 Å². The summed E-state index contributed by atoms with van der Waals surface area (Å²) in [5.41, 5.74) is -0.436. The maximum Gasteiger partial charge on any atom is 0.339 e. The van der Waals surface area contributed by atoms with E-state index in [0.717, 1.165) is 17.7 Å². The van der Waals surface area contributed by atoms with Crippen molar-refractivity contribution in [2.45, 2.75) is 30.2 Å². The third kappa shape index (κ3) is 3.80. The van der Waals surface area contributed by atoms with Crippen molar-refractivity contribution >= 4 is 23.6 Å². The third-order valence-electron chi connectivity index (χ3n) is 3.69. The van der Waals surface area contributed by atoms with Gasteiger partial charge in [-0.05, 0) is 44.1 Å². The fourth-order valence-electron chi connectivity index (χ4n) is 2.23. The average Bonchev–Trinajstić information content (AvgIpc) is 3.37. The van der Waals surface area contributed by atoms with Crippen molar-refractivity contribution in [3.63, 3.8) is 0 Å². The Labute approximate surface area is 134 Å². The van der Waals surface area contributed by atoms with Crippen molar-refractivity contribution in [2.75, 3.05) is 12.9 Å². The van der Waals surface area contributed by atoms with Gasteiger partial charge in [-0.3, -0.25) is 4.79 Å². The molecule has 0 radical (unpaired) electrons. The van der Waals surface area contributed by atoms with Gasteiger partial charge in [0.25, 0.3) is 5.91 Å². The Bertz CT molecular complexity index is 622. The van der Waals surface area contributed by atoms with Crippen LogP contribution in [0, 0.1) is 17.2 Å². The molecule has 1 atom stereocenters. The molecule has 116 valence electrons. The van der Waals surface area contributed by atoms with Crippen LogP contribution in [0.15, 0.2) is 29.2 Å². The van der Waals surface area contributed by atoms with Crippen molar-refractivity contribution in [3.8, 4) is 6.07 Å². The highest BCUT2D eigenvalue weighted by atomic mass is 32.2. The van der Waals surface area contributed by atoms with Crippen molar-refractivity contribution < 1.29 is 14.3 Å². The third-order valence-corrected chi connectivity index (χ3v) is 4.48. The second kappa shape index (κ2) is 6.84. The van der Waals surface area contributed by atoms with Crippen molar-refractivity contribution in [2.24, 2.45) is 5.92 Å². The van der Waals surface area contributed by atoms with Crippen LogP contribution < -0.4 is 5.32 Å². The molecule has 0 bridgehead atoms. The maximum absolute atomic E-state index is 12.0. The summed E-state index contributed by atoms with van der Waals surface area (Å²) >= 11 is 1.44. The Balaban J connectivity index is 1.91. The summed E-state index contributed by atoms with van der Waals surface area (Å²) in [4.78, 5) is 24.7.